The molecule has 0 rings (SSSR count). The highest BCUT2D eigenvalue weighted by atomic mass is 32.2. The number of hydrogen-bond donors (Lipinski definition) is 2. The molecule has 0 bridgehead atoms. The van der Waals surface area contributed by atoms with Crippen molar-refractivity contribution in [2.75, 3.05) is 0 Å². The van der Waals surface area contributed by atoms with Crippen molar-refractivity contribution in [1.82, 2.24) is 4.72 Å². The fourth-order valence-corrected chi connectivity index (χ4v) is 1.74. The number of carboxylic acids is 1. The molecule has 0 radical (unpaired) electrons. The van der Waals surface area contributed by atoms with E-state index >= 15 is 0 Å². The van der Waals surface area contributed by atoms with Gasteiger partial charge in [-0.1, -0.05) is 13.3 Å². The zero-order chi connectivity index (χ0) is 11.4. The van der Waals surface area contributed by atoms with E-state index < -0.39 is 27.3 Å². The van der Waals surface area contributed by atoms with Crippen molar-refractivity contribution < 1.29 is 18.3 Å². The topological polar surface area (TPSA) is 83.5 Å². The largest absolute Gasteiger partial charge is 0.480 e. The van der Waals surface area contributed by atoms with Crippen LogP contribution >= 0.6 is 0 Å². The average Bonchev–Trinajstić information content (AvgIpc) is 2.02. The van der Waals surface area contributed by atoms with Crippen molar-refractivity contribution in [2.24, 2.45) is 0 Å². The van der Waals surface area contributed by atoms with Crippen LogP contribution in [0.15, 0.2) is 0 Å². The summed E-state index contributed by atoms with van der Waals surface area (Å²) in [5.41, 5.74) is 0. The lowest BCUT2D eigenvalue weighted by Crippen LogP contribution is -2.43. The zero-order valence-electron chi connectivity index (χ0n) is 8.65. The molecule has 0 amide bonds. The highest BCUT2D eigenvalue weighted by molar-refractivity contribution is 7.90. The first kappa shape index (κ1) is 13.4. The normalized spacial score (nSPS) is 14.3. The molecule has 0 saturated carbocycles. The minimum absolute atomic E-state index is 0.307. The summed E-state index contributed by atoms with van der Waals surface area (Å²) in [6, 6.07) is -1.01. The second kappa shape index (κ2) is 5.31. The second-order valence-electron chi connectivity index (χ2n) is 3.39. The van der Waals surface area contributed by atoms with Crippen LogP contribution in [-0.4, -0.2) is 30.8 Å². The van der Waals surface area contributed by atoms with E-state index in [4.69, 9.17) is 5.11 Å². The number of aliphatic carboxylic acids is 1. The van der Waals surface area contributed by atoms with Gasteiger partial charge in [0.05, 0.1) is 5.25 Å². The van der Waals surface area contributed by atoms with E-state index in [-0.39, 0.29) is 0 Å². The van der Waals surface area contributed by atoms with Crippen molar-refractivity contribution in [3.8, 4) is 0 Å². The minimum Gasteiger partial charge on any atom is -0.480 e. The van der Waals surface area contributed by atoms with Crippen molar-refractivity contribution in [2.45, 2.75) is 44.9 Å². The smallest absolute Gasteiger partial charge is 0.321 e. The number of hydrogen-bond acceptors (Lipinski definition) is 3. The van der Waals surface area contributed by atoms with Gasteiger partial charge in [0.2, 0.25) is 10.0 Å². The lowest BCUT2D eigenvalue weighted by molar-refractivity contribution is -0.139. The van der Waals surface area contributed by atoms with E-state index in [1.807, 2.05) is 0 Å². The number of carbonyl (C=O) groups is 1. The molecule has 0 aromatic heterocycles. The third-order valence-electron chi connectivity index (χ3n) is 1.80. The minimum atomic E-state index is -3.50. The highest BCUT2D eigenvalue weighted by Gasteiger charge is 2.25. The maximum absolute atomic E-state index is 11.3. The Kier molecular flexibility index (Phi) is 5.07. The molecule has 0 heterocycles. The molecule has 0 fully saturated rings. The van der Waals surface area contributed by atoms with Gasteiger partial charge in [0, 0.05) is 0 Å². The molecule has 0 saturated heterocycles. The van der Waals surface area contributed by atoms with Gasteiger partial charge in [0.15, 0.2) is 0 Å². The summed E-state index contributed by atoms with van der Waals surface area (Å²) in [6.45, 7) is 4.82. The first-order valence-corrected chi connectivity index (χ1v) is 6.09. The fraction of sp³-hybridized carbons (Fsp3) is 0.875. The quantitative estimate of drug-likeness (QED) is 0.689. The summed E-state index contributed by atoms with van der Waals surface area (Å²) in [4.78, 5) is 10.7. The summed E-state index contributed by atoms with van der Waals surface area (Å²) < 4.78 is 24.9. The third-order valence-corrected chi connectivity index (χ3v) is 3.66. The third kappa shape index (κ3) is 4.06. The molecule has 0 aromatic carbocycles. The second-order valence-corrected chi connectivity index (χ2v) is 5.66. The fourth-order valence-electron chi connectivity index (χ4n) is 0.856. The van der Waals surface area contributed by atoms with Gasteiger partial charge in [0.1, 0.15) is 6.04 Å². The van der Waals surface area contributed by atoms with Crippen LogP contribution in [0.1, 0.15) is 33.6 Å². The van der Waals surface area contributed by atoms with Crippen LogP contribution in [0.2, 0.25) is 0 Å². The van der Waals surface area contributed by atoms with Gasteiger partial charge < -0.3 is 5.11 Å². The predicted molar refractivity (Wildman–Crippen MR) is 53.5 cm³/mol. The molecule has 2 N–H and O–H groups in total. The standard InChI is InChI=1S/C8H17NO4S/c1-4-5-7(8(10)11)9-14(12,13)6(2)3/h6-7,9H,4-5H2,1-3H3,(H,10,11). The first-order chi connectivity index (χ1) is 6.31. The van der Waals surface area contributed by atoms with Crippen LogP contribution < -0.4 is 4.72 Å². The van der Waals surface area contributed by atoms with Gasteiger partial charge in [-0.25, -0.2) is 13.1 Å². The van der Waals surface area contributed by atoms with E-state index in [0.717, 1.165) is 0 Å². The summed E-state index contributed by atoms with van der Waals surface area (Å²) in [6.07, 6.45) is 0.929. The van der Waals surface area contributed by atoms with Crippen molar-refractivity contribution >= 4 is 16.0 Å². The van der Waals surface area contributed by atoms with Crippen molar-refractivity contribution in [3.05, 3.63) is 0 Å². The number of rotatable bonds is 6. The Morgan fingerprint density at radius 3 is 2.21 bits per heavy atom. The molecule has 0 aliphatic heterocycles. The van der Waals surface area contributed by atoms with Gasteiger partial charge in [0.25, 0.3) is 0 Å². The van der Waals surface area contributed by atoms with Crippen LogP contribution in [0.5, 0.6) is 0 Å². The Balaban J connectivity index is 4.53. The van der Waals surface area contributed by atoms with E-state index in [9.17, 15) is 13.2 Å². The molecular weight excluding hydrogens is 206 g/mol. The molecule has 1 atom stereocenters. The van der Waals surface area contributed by atoms with E-state index in [2.05, 4.69) is 4.72 Å². The number of nitrogens with one attached hydrogen (secondary N) is 1. The summed E-state index contributed by atoms with van der Waals surface area (Å²) in [5, 5.41) is 8.11. The molecular formula is C8H17NO4S. The Bertz CT molecular complexity index is 284. The Hall–Kier alpha value is -0.620. The van der Waals surface area contributed by atoms with E-state index in [1.54, 1.807) is 6.92 Å². The summed E-state index contributed by atoms with van der Waals surface area (Å²) in [7, 11) is -3.50. The zero-order valence-corrected chi connectivity index (χ0v) is 9.47. The number of sulfonamides is 1. The Morgan fingerprint density at radius 1 is 1.43 bits per heavy atom. The molecule has 0 spiro atoms. The average molecular weight is 223 g/mol. The highest BCUT2D eigenvalue weighted by Crippen LogP contribution is 2.03. The van der Waals surface area contributed by atoms with Crippen LogP contribution in [0.25, 0.3) is 0 Å². The van der Waals surface area contributed by atoms with Crippen LogP contribution in [-0.2, 0) is 14.8 Å². The Labute approximate surface area is 84.6 Å². The molecule has 1 unspecified atom stereocenters. The van der Waals surface area contributed by atoms with Gasteiger partial charge in [-0.2, -0.15) is 0 Å². The molecule has 5 nitrogen and oxygen atoms in total. The van der Waals surface area contributed by atoms with Crippen LogP contribution in [0.4, 0.5) is 0 Å². The van der Waals surface area contributed by atoms with Gasteiger partial charge in [-0.3, -0.25) is 4.79 Å². The summed E-state index contributed by atoms with van der Waals surface area (Å²) >= 11 is 0. The van der Waals surface area contributed by atoms with Gasteiger partial charge in [-0.15, -0.1) is 0 Å². The SMILES string of the molecule is CCCC(NS(=O)(=O)C(C)C)C(=O)O. The molecule has 0 aliphatic carbocycles. The molecule has 0 aliphatic rings. The lowest BCUT2D eigenvalue weighted by Gasteiger charge is -2.15. The van der Waals surface area contributed by atoms with Crippen LogP contribution in [0.3, 0.4) is 0 Å². The first-order valence-electron chi connectivity index (χ1n) is 4.55. The molecule has 0 aromatic rings. The van der Waals surface area contributed by atoms with E-state index in [1.165, 1.54) is 13.8 Å². The maximum atomic E-state index is 11.3. The molecule has 14 heavy (non-hydrogen) atoms. The summed E-state index contributed by atoms with van der Waals surface area (Å²) in [5.74, 6) is -1.13. The monoisotopic (exact) mass is 223 g/mol. The lowest BCUT2D eigenvalue weighted by atomic mass is 10.2. The van der Waals surface area contributed by atoms with Gasteiger partial charge in [-0.05, 0) is 20.3 Å². The van der Waals surface area contributed by atoms with Crippen LogP contribution in [0, 0.1) is 0 Å². The molecule has 84 valence electrons. The van der Waals surface area contributed by atoms with Gasteiger partial charge >= 0.3 is 5.97 Å². The predicted octanol–water partition coefficient (Wildman–Crippen LogP) is 0.567. The van der Waals surface area contributed by atoms with Crippen molar-refractivity contribution in [3.63, 3.8) is 0 Å². The number of carboxylic acid groups (broad SMARTS) is 1. The Morgan fingerprint density at radius 2 is 1.93 bits per heavy atom. The molecule has 6 heteroatoms. The van der Waals surface area contributed by atoms with Crippen molar-refractivity contribution in [1.29, 1.82) is 0 Å². The van der Waals surface area contributed by atoms with E-state index in [0.29, 0.717) is 12.8 Å². The maximum Gasteiger partial charge on any atom is 0.321 e.